The molecule has 3 aliphatic heterocycles. The fraction of sp³-hybridized carbons (Fsp3) is 0.333. The van der Waals surface area contributed by atoms with E-state index in [0.29, 0.717) is 54.4 Å². The van der Waals surface area contributed by atoms with Gasteiger partial charge in [0, 0.05) is 43.3 Å². The zero-order valence-corrected chi connectivity index (χ0v) is 18.4. The Morgan fingerprint density at radius 3 is 1.94 bits per heavy atom. The van der Waals surface area contributed by atoms with Gasteiger partial charge in [-0.25, -0.2) is 0 Å². The van der Waals surface area contributed by atoms with Crippen LogP contribution in [-0.2, 0) is 0 Å². The normalized spacial score (nSPS) is 17.1. The van der Waals surface area contributed by atoms with Crippen molar-refractivity contribution in [1.29, 1.82) is 0 Å². The average Bonchev–Trinajstić information content (AvgIpc) is 3.39. The molecule has 9 nitrogen and oxygen atoms in total. The minimum absolute atomic E-state index is 0.129. The van der Waals surface area contributed by atoms with Gasteiger partial charge in [0.15, 0.2) is 11.5 Å². The van der Waals surface area contributed by atoms with E-state index in [-0.39, 0.29) is 42.0 Å². The monoisotopic (exact) mass is 449 g/mol. The summed E-state index contributed by atoms with van der Waals surface area (Å²) >= 11 is 0. The number of hydrogen-bond donors (Lipinski definition) is 0. The zero-order chi connectivity index (χ0) is 23.3. The molecule has 9 heteroatoms. The van der Waals surface area contributed by atoms with Crippen LogP contribution in [0.25, 0.3) is 0 Å². The van der Waals surface area contributed by atoms with E-state index in [2.05, 4.69) is 0 Å². The molecular formula is C24H23N3O6. The SMILES string of the molecule is CC(C)N1C(=O)c2ccc(C(=O)N3CCN(C(=O)c4ccc5c(c4)OCO5)CC3)cc2C1=O. The van der Waals surface area contributed by atoms with Crippen molar-refractivity contribution in [3.05, 3.63) is 58.7 Å². The third kappa shape index (κ3) is 3.49. The van der Waals surface area contributed by atoms with Crippen LogP contribution in [0, 0.1) is 0 Å². The second-order valence-electron chi connectivity index (χ2n) is 8.49. The highest BCUT2D eigenvalue weighted by Crippen LogP contribution is 2.33. The molecule has 0 aliphatic carbocycles. The first-order valence-corrected chi connectivity index (χ1v) is 10.9. The summed E-state index contributed by atoms with van der Waals surface area (Å²) in [6, 6.07) is 9.47. The van der Waals surface area contributed by atoms with Crippen LogP contribution in [0.3, 0.4) is 0 Å². The summed E-state index contributed by atoms with van der Waals surface area (Å²) < 4.78 is 10.6. The van der Waals surface area contributed by atoms with Gasteiger partial charge in [0.25, 0.3) is 23.6 Å². The van der Waals surface area contributed by atoms with Crippen molar-refractivity contribution in [2.75, 3.05) is 33.0 Å². The predicted octanol–water partition coefficient (Wildman–Crippen LogP) is 2.02. The minimum Gasteiger partial charge on any atom is -0.454 e. The molecule has 3 heterocycles. The van der Waals surface area contributed by atoms with Crippen LogP contribution in [0.1, 0.15) is 55.3 Å². The van der Waals surface area contributed by atoms with Crippen LogP contribution in [0.5, 0.6) is 11.5 Å². The number of carbonyl (C=O) groups is 4. The Kier molecular flexibility index (Phi) is 5.03. The van der Waals surface area contributed by atoms with Crippen LogP contribution in [0.4, 0.5) is 0 Å². The molecule has 33 heavy (non-hydrogen) atoms. The van der Waals surface area contributed by atoms with E-state index < -0.39 is 0 Å². The molecule has 5 rings (SSSR count). The third-order valence-electron chi connectivity index (χ3n) is 6.15. The van der Waals surface area contributed by atoms with Crippen molar-refractivity contribution in [2.45, 2.75) is 19.9 Å². The van der Waals surface area contributed by atoms with Crippen LogP contribution in [-0.4, -0.2) is 77.3 Å². The molecule has 170 valence electrons. The number of imide groups is 1. The average molecular weight is 449 g/mol. The molecule has 0 atom stereocenters. The van der Waals surface area contributed by atoms with Crippen LogP contribution < -0.4 is 9.47 Å². The summed E-state index contributed by atoms with van der Waals surface area (Å²) in [4.78, 5) is 55.6. The molecule has 0 N–H and O–H groups in total. The lowest BCUT2D eigenvalue weighted by atomic mass is 10.0. The lowest BCUT2D eigenvalue weighted by molar-refractivity contribution is 0.0535. The zero-order valence-electron chi connectivity index (χ0n) is 18.4. The largest absolute Gasteiger partial charge is 0.454 e. The van der Waals surface area contributed by atoms with Crippen molar-refractivity contribution in [2.24, 2.45) is 0 Å². The molecular weight excluding hydrogens is 426 g/mol. The summed E-state index contributed by atoms with van der Waals surface area (Å²) in [7, 11) is 0. The molecule has 4 amide bonds. The smallest absolute Gasteiger partial charge is 0.261 e. The van der Waals surface area contributed by atoms with Crippen LogP contribution in [0.2, 0.25) is 0 Å². The number of amides is 4. The number of ether oxygens (including phenoxy) is 2. The molecule has 1 saturated heterocycles. The van der Waals surface area contributed by atoms with Crippen LogP contribution in [0.15, 0.2) is 36.4 Å². The summed E-state index contributed by atoms with van der Waals surface area (Å²) in [5.74, 6) is 0.105. The van der Waals surface area contributed by atoms with Crippen molar-refractivity contribution >= 4 is 23.6 Å². The van der Waals surface area contributed by atoms with Crippen molar-refractivity contribution in [1.82, 2.24) is 14.7 Å². The van der Waals surface area contributed by atoms with Gasteiger partial charge in [0.1, 0.15) is 0 Å². The minimum atomic E-state index is -0.376. The van der Waals surface area contributed by atoms with E-state index in [9.17, 15) is 19.2 Å². The topological polar surface area (TPSA) is 96.5 Å². The second kappa shape index (κ2) is 7.91. The van der Waals surface area contributed by atoms with Gasteiger partial charge in [0.05, 0.1) is 11.1 Å². The maximum absolute atomic E-state index is 13.1. The van der Waals surface area contributed by atoms with E-state index >= 15 is 0 Å². The molecule has 0 unspecified atom stereocenters. The molecule has 3 aliphatic rings. The molecule has 1 fully saturated rings. The fourth-order valence-electron chi connectivity index (χ4n) is 4.37. The van der Waals surface area contributed by atoms with E-state index in [1.54, 1.807) is 54.0 Å². The first-order chi connectivity index (χ1) is 15.8. The van der Waals surface area contributed by atoms with Crippen molar-refractivity contribution in [3.63, 3.8) is 0 Å². The Morgan fingerprint density at radius 1 is 0.758 bits per heavy atom. The molecule has 0 spiro atoms. The number of carbonyl (C=O) groups excluding carboxylic acids is 4. The van der Waals surface area contributed by atoms with Crippen molar-refractivity contribution < 1.29 is 28.7 Å². The molecule has 0 saturated carbocycles. The summed E-state index contributed by atoms with van der Waals surface area (Å²) in [5.41, 5.74) is 1.45. The van der Waals surface area contributed by atoms with E-state index in [0.717, 1.165) is 0 Å². The number of hydrogen-bond acceptors (Lipinski definition) is 6. The second-order valence-corrected chi connectivity index (χ2v) is 8.49. The van der Waals surface area contributed by atoms with Gasteiger partial charge in [-0.1, -0.05) is 0 Å². The maximum atomic E-state index is 13.1. The highest BCUT2D eigenvalue weighted by atomic mass is 16.7. The highest BCUT2D eigenvalue weighted by Gasteiger charge is 2.38. The third-order valence-corrected chi connectivity index (χ3v) is 6.15. The Labute approximate surface area is 190 Å². The molecule has 0 radical (unpaired) electrons. The van der Waals surface area contributed by atoms with Crippen LogP contribution >= 0.6 is 0 Å². The van der Waals surface area contributed by atoms with Gasteiger partial charge in [-0.2, -0.15) is 0 Å². The van der Waals surface area contributed by atoms with Gasteiger partial charge in [0.2, 0.25) is 6.79 Å². The van der Waals surface area contributed by atoms with E-state index in [1.807, 2.05) is 0 Å². The van der Waals surface area contributed by atoms with Crippen molar-refractivity contribution in [3.8, 4) is 11.5 Å². The standard InChI is InChI=1S/C24H23N3O6/c1-14(2)27-23(30)17-5-3-15(11-18(17)24(27)31)21(28)25-7-9-26(10-8-25)22(29)16-4-6-19-20(12-16)33-13-32-19/h3-6,11-12,14H,7-10,13H2,1-2H3. The molecule has 2 aromatic carbocycles. The Bertz CT molecular complexity index is 1180. The van der Waals surface area contributed by atoms with Gasteiger partial charge in [-0.15, -0.1) is 0 Å². The predicted molar refractivity (Wildman–Crippen MR) is 116 cm³/mol. The summed E-state index contributed by atoms with van der Waals surface area (Å²) in [6.45, 7) is 5.22. The lowest BCUT2D eigenvalue weighted by Gasteiger charge is -2.35. The van der Waals surface area contributed by atoms with E-state index in [4.69, 9.17) is 9.47 Å². The first-order valence-electron chi connectivity index (χ1n) is 10.9. The number of nitrogens with zero attached hydrogens (tertiary/aromatic N) is 3. The molecule has 2 aromatic rings. The molecule has 0 aromatic heterocycles. The molecule has 0 bridgehead atoms. The van der Waals surface area contributed by atoms with Gasteiger partial charge < -0.3 is 19.3 Å². The fourth-order valence-corrected chi connectivity index (χ4v) is 4.37. The Hall–Kier alpha value is -3.88. The highest BCUT2D eigenvalue weighted by molar-refractivity contribution is 6.22. The summed E-state index contributed by atoms with van der Waals surface area (Å²) in [6.07, 6.45) is 0. The lowest BCUT2D eigenvalue weighted by Crippen LogP contribution is -2.50. The van der Waals surface area contributed by atoms with Gasteiger partial charge in [-0.3, -0.25) is 24.1 Å². The number of rotatable bonds is 3. The summed E-state index contributed by atoms with van der Waals surface area (Å²) in [5, 5.41) is 0. The number of benzene rings is 2. The number of fused-ring (bicyclic) bond motifs is 2. The van der Waals surface area contributed by atoms with E-state index in [1.165, 1.54) is 11.0 Å². The Morgan fingerprint density at radius 2 is 1.30 bits per heavy atom. The van der Waals surface area contributed by atoms with Gasteiger partial charge in [-0.05, 0) is 50.2 Å². The first kappa shape index (κ1) is 21.0. The Balaban J connectivity index is 1.26. The number of piperazine rings is 1. The quantitative estimate of drug-likeness (QED) is 0.666. The maximum Gasteiger partial charge on any atom is 0.261 e. The van der Waals surface area contributed by atoms with Gasteiger partial charge >= 0.3 is 0 Å².